The number of aromatic nitrogens is 1. The molecule has 0 aliphatic heterocycles. The molecule has 27 heavy (non-hydrogen) atoms. The third-order valence-corrected chi connectivity index (χ3v) is 6.51. The second kappa shape index (κ2) is 7.55. The number of carbonyl (C=O) groups is 1. The van der Waals surface area contributed by atoms with Gasteiger partial charge in [0.2, 0.25) is 0 Å². The Morgan fingerprint density at radius 1 is 1.37 bits per heavy atom. The summed E-state index contributed by atoms with van der Waals surface area (Å²) in [6, 6.07) is 7.40. The van der Waals surface area contributed by atoms with E-state index in [0.717, 1.165) is 11.8 Å². The van der Waals surface area contributed by atoms with Gasteiger partial charge in [-0.3, -0.25) is 4.79 Å². The molecule has 5 nitrogen and oxygen atoms in total. The molecule has 2 aromatic rings. The van der Waals surface area contributed by atoms with Gasteiger partial charge in [-0.1, -0.05) is 35.3 Å². The lowest BCUT2D eigenvalue weighted by Gasteiger charge is -2.28. The maximum atomic E-state index is 12.8. The number of rotatable bonds is 6. The summed E-state index contributed by atoms with van der Waals surface area (Å²) in [6.45, 7) is 4.08. The van der Waals surface area contributed by atoms with E-state index in [9.17, 15) is 4.79 Å². The molecule has 1 aromatic carbocycles. The predicted molar refractivity (Wildman–Crippen MR) is 103 cm³/mol. The van der Waals surface area contributed by atoms with E-state index >= 15 is 0 Å². The zero-order chi connectivity index (χ0) is 19.0. The van der Waals surface area contributed by atoms with E-state index in [1.54, 1.807) is 19.1 Å². The lowest BCUT2D eigenvalue weighted by molar-refractivity contribution is 0.0904. The first-order chi connectivity index (χ1) is 13.0. The highest BCUT2D eigenvalue weighted by Gasteiger charge is 2.42. The summed E-state index contributed by atoms with van der Waals surface area (Å²) < 4.78 is 11.1. The van der Waals surface area contributed by atoms with E-state index in [1.165, 1.54) is 25.7 Å². The molecule has 0 saturated heterocycles. The molecule has 0 radical (unpaired) electrons. The Bertz CT molecular complexity index is 835. The average molecular weight is 389 g/mol. The first kappa shape index (κ1) is 18.4. The van der Waals surface area contributed by atoms with Gasteiger partial charge in [0.25, 0.3) is 5.91 Å². The second-order valence-electron chi connectivity index (χ2n) is 7.89. The van der Waals surface area contributed by atoms with Crippen molar-refractivity contribution in [3.8, 4) is 5.75 Å². The molecular formula is C21H25ClN2O3. The van der Waals surface area contributed by atoms with Crippen LogP contribution in [0.2, 0.25) is 5.02 Å². The number of ether oxygens (including phenoxy) is 1. The van der Waals surface area contributed by atoms with E-state index in [1.807, 2.05) is 12.1 Å². The van der Waals surface area contributed by atoms with Gasteiger partial charge in [-0.2, -0.15) is 0 Å². The van der Waals surface area contributed by atoms with Gasteiger partial charge in [0.15, 0.2) is 5.69 Å². The molecule has 1 amide bonds. The number of hydrogen-bond donors (Lipinski definition) is 1. The van der Waals surface area contributed by atoms with Crippen LogP contribution >= 0.6 is 11.6 Å². The fraction of sp³-hybridized carbons (Fsp3) is 0.524. The molecule has 2 aliphatic rings. The van der Waals surface area contributed by atoms with E-state index < -0.39 is 0 Å². The molecule has 144 valence electrons. The first-order valence-electron chi connectivity index (χ1n) is 9.66. The number of fused-ring (bicyclic) bond motifs is 2. The summed E-state index contributed by atoms with van der Waals surface area (Å²) in [4.78, 5) is 12.8. The molecule has 0 spiro atoms. The van der Waals surface area contributed by atoms with Gasteiger partial charge in [-0.05, 0) is 63.0 Å². The fourth-order valence-electron chi connectivity index (χ4n) is 4.74. The number of amides is 1. The van der Waals surface area contributed by atoms with Crippen molar-refractivity contribution >= 4 is 17.5 Å². The van der Waals surface area contributed by atoms with Crippen molar-refractivity contribution < 1.29 is 14.1 Å². The van der Waals surface area contributed by atoms with Gasteiger partial charge in [0.1, 0.15) is 18.1 Å². The summed E-state index contributed by atoms with van der Waals surface area (Å²) in [7, 11) is 0. The fourth-order valence-corrected chi connectivity index (χ4v) is 4.93. The number of carbonyl (C=O) groups excluding carboxylic acids is 1. The van der Waals surface area contributed by atoms with Crippen LogP contribution in [0.25, 0.3) is 0 Å². The zero-order valence-electron chi connectivity index (χ0n) is 15.7. The summed E-state index contributed by atoms with van der Waals surface area (Å²) in [5, 5.41) is 7.65. The maximum Gasteiger partial charge on any atom is 0.274 e. The van der Waals surface area contributed by atoms with E-state index in [2.05, 4.69) is 17.4 Å². The Hall–Kier alpha value is -2.01. The van der Waals surface area contributed by atoms with Crippen LogP contribution in [-0.4, -0.2) is 17.1 Å². The highest BCUT2D eigenvalue weighted by atomic mass is 35.5. The zero-order valence-corrected chi connectivity index (χ0v) is 16.5. The van der Waals surface area contributed by atoms with Crippen LogP contribution in [0.3, 0.4) is 0 Å². The number of hydrogen-bond acceptors (Lipinski definition) is 4. The minimum atomic E-state index is -0.195. The summed E-state index contributed by atoms with van der Waals surface area (Å²) in [6.07, 6.45) is 5.21. The van der Waals surface area contributed by atoms with Crippen molar-refractivity contribution in [2.24, 2.45) is 17.8 Å². The van der Waals surface area contributed by atoms with Crippen molar-refractivity contribution in [2.45, 2.75) is 52.2 Å². The Morgan fingerprint density at radius 2 is 2.19 bits per heavy atom. The number of para-hydroxylation sites is 1. The van der Waals surface area contributed by atoms with Crippen LogP contribution in [0, 0.1) is 24.7 Å². The van der Waals surface area contributed by atoms with Crippen molar-refractivity contribution in [3.63, 3.8) is 0 Å². The Kier molecular flexibility index (Phi) is 5.13. The number of aryl methyl sites for hydroxylation is 1. The van der Waals surface area contributed by atoms with Crippen LogP contribution in [0.4, 0.5) is 0 Å². The van der Waals surface area contributed by atoms with Crippen LogP contribution < -0.4 is 10.1 Å². The minimum Gasteiger partial charge on any atom is -0.487 e. The molecule has 1 heterocycles. The largest absolute Gasteiger partial charge is 0.487 e. The normalized spacial score (nSPS) is 24.8. The van der Waals surface area contributed by atoms with Crippen LogP contribution in [0.15, 0.2) is 28.8 Å². The lowest BCUT2D eigenvalue weighted by atomic mass is 9.84. The standard InChI is InChI=1S/C21H25ClN2O3/c1-12(16-10-14-7-8-15(16)9-14)23-21(25)20-17(13(2)27-24-20)11-26-19-6-4-3-5-18(19)22/h3-6,12,14-16H,7-11H2,1-2H3,(H,23,25). The Labute approximate surface area is 164 Å². The van der Waals surface area contributed by atoms with Gasteiger partial charge < -0.3 is 14.6 Å². The number of nitrogens with zero attached hydrogens (tertiary/aromatic N) is 1. The maximum absolute atomic E-state index is 12.8. The summed E-state index contributed by atoms with van der Waals surface area (Å²) in [5.74, 6) is 3.14. The van der Waals surface area contributed by atoms with Crippen LogP contribution in [0.5, 0.6) is 5.75 Å². The topological polar surface area (TPSA) is 64.4 Å². The molecule has 2 fully saturated rings. The third-order valence-electron chi connectivity index (χ3n) is 6.20. The SMILES string of the molecule is Cc1onc(C(=O)NC(C)C2CC3CCC2C3)c1COc1ccccc1Cl. The molecule has 6 heteroatoms. The Morgan fingerprint density at radius 3 is 2.89 bits per heavy atom. The number of nitrogens with one attached hydrogen (secondary N) is 1. The molecule has 2 aliphatic carbocycles. The van der Waals surface area contributed by atoms with Gasteiger partial charge in [0.05, 0.1) is 10.6 Å². The quantitative estimate of drug-likeness (QED) is 0.774. The van der Waals surface area contributed by atoms with E-state index in [0.29, 0.717) is 33.7 Å². The van der Waals surface area contributed by atoms with Gasteiger partial charge >= 0.3 is 0 Å². The molecule has 4 atom stereocenters. The number of benzene rings is 1. The monoisotopic (exact) mass is 388 g/mol. The van der Waals surface area contributed by atoms with E-state index in [-0.39, 0.29) is 18.6 Å². The van der Waals surface area contributed by atoms with Crippen molar-refractivity contribution in [1.29, 1.82) is 0 Å². The number of halogens is 1. The van der Waals surface area contributed by atoms with E-state index in [4.69, 9.17) is 20.9 Å². The molecule has 4 unspecified atom stereocenters. The van der Waals surface area contributed by atoms with Crippen LogP contribution in [0.1, 0.15) is 54.4 Å². The molecule has 2 bridgehead atoms. The lowest BCUT2D eigenvalue weighted by Crippen LogP contribution is -2.40. The van der Waals surface area contributed by atoms with Crippen molar-refractivity contribution in [2.75, 3.05) is 0 Å². The summed E-state index contributed by atoms with van der Waals surface area (Å²) >= 11 is 6.14. The Balaban J connectivity index is 1.43. The molecule has 4 rings (SSSR count). The summed E-state index contributed by atoms with van der Waals surface area (Å²) in [5.41, 5.74) is 0.960. The van der Waals surface area contributed by atoms with Crippen molar-refractivity contribution in [1.82, 2.24) is 10.5 Å². The third kappa shape index (κ3) is 3.70. The van der Waals surface area contributed by atoms with Gasteiger partial charge in [0, 0.05) is 6.04 Å². The molecule has 2 saturated carbocycles. The highest BCUT2D eigenvalue weighted by Crippen LogP contribution is 2.49. The molecule has 1 aromatic heterocycles. The second-order valence-corrected chi connectivity index (χ2v) is 8.29. The molecule has 1 N–H and O–H groups in total. The van der Waals surface area contributed by atoms with Crippen molar-refractivity contribution in [3.05, 3.63) is 46.3 Å². The first-order valence-corrected chi connectivity index (χ1v) is 10.0. The van der Waals surface area contributed by atoms with Crippen LogP contribution in [-0.2, 0) is 6.61 Å². The molecular weight excluding hydrogens is 364 g/mol. The highest BCUT2D eigenvalue weighted by molar-refractivity contribution is 6.32. The van der Waals surface area contributed by atoms with Gasteiger partial charge in [-0.15, -0.1) is 0 Å². The van der Waals surface area contributed by atoms with Gasteiger partial charge in [-0.25, -0.2) is 0 Å². The smallest absolute Gasteiger partial charge is 0.274 e. The average Bonchev–Trinajstić information content (AvgIpc) is 3.37. The minimum absolute atomic E-state index is 0.141. The predicted octanol–water partition coefficient (Wildman–Crippen LogP) is 4.77.